The second-order valence-corrected chi connectivity index (χ2v) is 5.21. The molecule has 0 fully saturated rings. The van der Waals surface area contributed by atoms with Gasteiger partial charge in [0.15, 0.2) is 4.77 Å². The molecule has 1 aromatic carbocycles. The first-order valence-electron chi connectivity index (χ1n) is 5.54. The van der Waals surface area contributed by atoms with Crippen LogP contribution in [0.25, 0.3) is 11.0 Å². The summed E-state index contributed by atoms with van der Waals surface area (Å²) in [7, 11) is 1.66. The Hall–Kier alpha value is -1.38. The van der Waals surface area contributed by atoms with Crippen molar-refractivity contribution in [3.63, 3.8) is 0 Å². The van der Waals surface area contributed by atoms with Gasteiger partial charge in [-0.25, -0.2) is 0 Å². The maximum Gasteiger partial charge on any atom is 0.178 e. The number of fused-ring (bicyclic) bond motifs is 1. The number of imidazole rings is 1. The standard InChI is InChI=1S/C13H14N2OS2/c1-3-7-18-8-6-15-12-5-4-10(16-2)9-11(12)14-13(15)17/h1,4-5,9H,6-8H2,2H3,(H,14,17). The first-order chi connectivity index (χ1) is 8.76. The van der Waals surface area contributed by atoms with Gasteiger partial charge in [-0.05, 0) is 24.4 Å². The number of aryl methyl sites for hydroxylation is 1. The van der Waals surface area contributed by atoms with Crippen molar-refractivity contribution in [2.75, 3.05) is 18.6 Å². The highest BCUT2D eigenvalue weighted by molar-refractivity contribution is 7.99. The Kier molecular flexibility index (Phi) is 4.34. The predicted molar refractivity (Wildman–Crippen MR) is 79.8 cm³/mol. The maximum absolute atomic E-state index is 5.33. The number of methoxy groups -OCH3 is 1. The number of H-pyrrole nitrogens is 1. The minimum atomic E-state index is 0.736. The molecule has 2 aromatic rings. The molecule has 3 nitrogen and oxygen atoms in total. The number of hydrogen-bond acceptors (Lipinski definition) is 3. The SMILES string of the molecule is C#CCSCCn1c(=S)[nH]c2cc(OC)ccc21. The molecule has 0 aliphatic carbocycles. The van der Waals surface area contributed by atoms with Gasteiger partial charge >= 0.3 is 0 Å². The van der Waals surface area contributed by atoms with E-state index >= 15 is 0 Å². The number of ether oxygens (including phenoxy) is 1. The molecule has 2 rings (SSSR count). The summed E-state index contributed by atoms with van der Waals surface area (Å²) in [5.41, 5.74) is 2.10. The van der Waals surface area contributed by atoms with Crippen LogP contribution in [0.1, 0.15) is 0 Å². The van der Waals surface area contributed by atoms with E-state index in [1.54, 1.807) is 18.9 Å². The second-order valence-electron chi connectivity index (χ2n) is 3.72. The highest BCUT2D eigenvalue weighted by Crippen LogP contribution is 2.20. The van der Waals surface area contributed by atoms with E-state index in [1.165, 1.54) is 0 Å². The molecule has 1 N–H and O–H groups in total. The summed E-state index contributed by atoms with van der Waals surface area (Å²) >= 11 is 7.06. The molecule has 0 bridgehead atoms. The van der Waals surface area contributed by atoms with Gasteiger partial charge in [0.05, 0.1) is 23.9 Å². The minimum absolute atomic E-state index is 0.736. The van der Waals surface area contributed by atoms with Crippen LogP contribution in [0.15, 0.2) is 18.2 Å². The smallest absolute Gasteiger partial charge is 0.178 e. The topological polar surface area (TPSA) is 29.9 Å². The van der Waals surface area contributed by atoms with Crippen molar-refractivity contribution in [3.8, 4) is 18.1 Å². The first kappa shape index (κ1) is 13.1. The molecule has 0 atom stereocenters. The van der Waals surface area contributed by atoms with Crippen molar-refractivity contribution in [2.45, 2.75) is 6.54 Å². The number of nitrogens with one attached hydrogen (secondary N) is 1. The van der Waals surface area contributed by atoms with Gasteiger partial charge in [-0.1, -0.05) is 5.92 Å². The van der Waals surface area contributed by atoms with Gasteiger partial charge in [0.25, 0.3) is 0 Å². The van der Waals surface area contributed by atoms with E-state index in [2.05, 4.69) is 15.5 Å². The molecule has 0 saturated carbocycles. The Labute approximate surface area is 116 Å². The molecular formula is C13H14N2OS2. The molecule has 18 heavy (non-hydrogen) atoms. The molecular weight excluding hydrogens is 264 g/mol. The third kappa shape index (κ3) is 2.71. The van der Waals surface area contributed by atoms with E-state index in [9.17, 15) is 0 Å². The number of thioether (sulfide) groups is 1. The third-order valence-electron chi connectivity index (χ3n) is 2.63. The van der Waals surface area contributed by atoms with Crippen LogP contribution in [0.5, 0.6) is 5.75 Å². The Morgan fingerprint density at radius 1 is 1.56 bits per heavy atom. The first-order valence-corrected chi connectivity index (χ1v) is 7.10. The molecule has 1 heterocycles. The molecule has 0 amide bonds. The zero-order valence-electron chi connectivity index (χ0n) is 10.1. The third-order valence-corrected chi connectivity index (χ3v) is 3.79. The van der Waals surface area contributed by atoms with Crippen LogP contribution in [0.4, 0.5) is 0 Å². The van der Waals surface area contributed by atoms with Crippen molar-refractivity contribution in [3.05, 3.63) is 23.0 Å². The lowest BCUT2D eigenvalue weighted by molar-refractivity contribution is 0.415. The molecule has 0 unspecified atom stereocenters. The lowest BCUT2D eigenvalue weighted by Crippen LogP contribution is -2.00. The highest BCUT2D eigenvalue weighted by atomic mass is 32.2. The number of terminal acetylenes is 1. The van der Waals surface area contributed by atoms with E-state index in [0.29, 0.717) is 0 Å². The summed E-state index contributed by atoms with van der Waals surface area (Å²) in [4.78, 5) is 3.19. The predicted octanol–water partition coefficient (Wildman–Crippen LogP) is 3.07. The van der Waals surface area contributed by atoms with Crippen LogP contribution in [0, 0.1) is 17.1 Å². The fourth-order valence-electron chi connectivity index (χ4n) is 1.78. The van der Waals surface area contributed by atoms with E-state index in [1.807, 2.05) is 18.2 Å². The van der Waals surface area contributed by atoms with Gasteiger partial charge in [0, 0.05) is 18.4 Å². The van der Waals surface area contributed by atoms with Crippen molar-refractivity contribution in [1.82, 2.24) is 9.55 Å². The zero-order chi connectivity index (χ0) is 13.0. The normalized spacial score (nSPS) is 10.4. The number of aromatic nitrogens is 2. The number of rotatable bonds is 5. The van der Waals surface area contributed by atoms with Gasteiger partial charge < -0.3 is 14.3 Å². The lowest BCUT2D eigenvalue weighted by Gasteiger charge is -2.04. The lowest BCUT2D eigenvalue weighted by atomic mass is 10.3. The van der Waals surface area contributed by atoms with Crippen molar-refractivity contribution in [1.29, 1.82) is 0 Å². The summed E-state index contributed by atoms with van der Waals surface area (Å²) in [6.07, 6.45) is 5.22. The van der Waals surface area contributed by atoms with Crippen molar-refractivity contribution in [2.24, 2.45) is 0 Å². The zero-order valence-corrected chi connectivity index (χ0v) is 11.7. The molecule has 0 aliphatic heterocycles. The average Bonchev–Trinajstić information content (AvgIpc) is 2.69. The summed E-state index contributed by atoms with van der Waals surface area (Å²) in [6.45, 7) is 0.859. The van der Waals surface area contributed by atoms with Crippen LogP contribution < -0.4 is 4.74 Å². The second kappa shape index (κ2) is 5.98. The van der Waals surface area contributed by atoms with E-state index in [4.69, 9.17) is 23.4 Å². The van der Waals surface area contributed by atoms with E-state index in [-0.39, 0.29) is 0 Å². The van der Waals surface area contributed by atoms with Gasteiger partial charge in [-0.15, -0.1) is 18.2 Å². The molecule has 0 radical (unpaired) electrons. The Morgan fingerprint density at radius 2 is 2.39 bits per heavy atom. The molecule has 5 heteroatoms. The van der Waals surface area contributed by atoms with Crippen LogP contribution in [0.2, 0.25) is 0 Å². The summed E-state index contributed by atoms with van der Waals surface area (Å²) in [5, 5.41) is 0. The highest BCUT2D eigenvalue weighted by Gasteiger charge is 2.05. The quantitative estimate of drug-likeness (QED) is 0.518. The van der Waals surface area contributed by atoms with E-state index in [0.717, 1.165) is 39.6 Å². The molecule has 0 spiro atoms. The largest absolute Gasteiger partial charge is 0.497 e. The molecule has 94 valence electrons. The monoisotopic (exact) mass is 278 g/mol. The van der Waals surface area contributed by atoms with Gasteiger partial charge in [0.1, 0.15) is 5.75 Å². The summed E-state index contributed by atoms with van der Waals surface area (Å²) < 4.78 is 8.02. The minimum Gasteiger partial charge on any atom is -0.497 e. The van der Waals surface area contributed by atoms with Crippen LogP contribution >= 0.6 is 24.0 Å². The number of hydrogen-bond donors (Lipinski definition) is 1. The van der Waals surface area contributed by atoms with Gasteiger partial charge in [-0.2, -0.15) is 0 Å². The fraction of sp³-hybridized carbons (Fsp3) is 0.308. The number of aromatic amines is 1. The van der Waals surface area contributed by atoms with Gasteiger partial charge in [0.2, 0.25) is 0 Å². The molecule has 0 saturated heterocycles. The van der Waals surface area contributed by atoms with Gasteiger partial charge in [-0.3, -0.25) is 0 Å². The fourth-order valence-corrected chi connectivity index (χ4v) is 2.65. The van der Waals surface area contributed by atoms with Crippen LogP contribution in [-0.4, -0.2) is 28.2 Å². The van der Waals surface area contributed by atoms with Crippen molar-refractivity contribution < 1.29 is 4.74 Å². The van der Waals surface area contributed by atoms with Crippen molar-refractivity contribution >= 4 is 35.0 Å². The maximum atomic E-state index is 5.33. The van der Waals surface area contributed by atoms with E-state index < -0.39 is 0 Å². The summed E-state index contributed by atoms with van der Waals surface area (Å²) in [5.74, 6) is 5.14. The van der Waals surface area contributed by atoms with Crippen LogP contribution in [-0.2, 0) is 6.54 Å². The summed E-state index contributed by atoms with van der Waals surface area (Å²) in [6, 6.07) is 5.92. The number of benzene rings is 1. The average molecular weight is 278 g/mol. The number of nitrogens with zero attached hydrogens (tertiary/aromatic N) is 1. The van der Waals surface area contributed by atoms with Crippen LogP contribution in [0.3, 0.4) is 0 Å². The molecule has 0 aliphatic rings. The Balaban J connectivity index is 2.25. The Bertz CT molecular complexity index is 636. The Morgan fingerprint density at radius 3 is 3.11 bits per heavy atom. The molecule has 1 aromatic heterocycles.